The lowest BCUT2D eigenvalue weighted by Gasteiger charge is -2.08. The lowest BCUT2D eigenvalue weighted by Crippen LogP contribution is -2.13. The highest BCUT2D eigenvalue weighted by molar-refractivity contribution is 5.92. The Labute approximate surface area is 135 Å². The molecule has 1 N–H and O–H groups in total. The molecule has 0 saturated heterocycles. The molecule has 0 radical (unpaired) electrons. The minimum Gasteiger partial charge on any atom is -0.326 e. The van der Waals surface area contributed by atoms with Crippen LogP contribution in [-0.2, 0) is 17.6 Å². The SMILES string of the molecule is CCc1ccc(CCC(=O)Nc2cc([N+](=O)[O-])ccc2C)cc1. The summed E-state index contributed by atoms with van der Waals surface area (Å²) in [6.45, 7) is 3.91. The van der Waals surface area contributed by atoms with Gasteiger partial charge < -0.3 is 5.32 Å². The van der Waals surface area contributed by atoms with E-state index < -0.39 is 4.92 Å². The summed E-state index contributed by atoms with van der Waals surface area (Å²) in [5, 5.41) is 13.6. The second-order valence-electron chi connectivity index (χ2n) is 5.47. The van der Waals surface area contributed by atoms with Gasteiger partial charge in [-0.2, -0.15) is 0 Å². The molecule has 0 saturated carbocycles. The van der Waals surface area contributed by atoms with Gasteiger partial charge in [-0.1, -0.05) is 37.3 Å². The molecule has 0 aliphatic heterocycles. The Morgan fingerprint density at radius 3 is 2.39 bits per heavy atom. The minimum absolute atomic E-state index is 0.0268. The fourth-order valence-electron chi connectivity index (χ4n) is 2.27. The van der Waals surface area contributed by atoms with Crippen LogP contribution in [0.2, 0.25) is 0 Å². The van der Waals surface area contributed by atoms with Crippen molar-refractivity contribution in [1.29, 1.82) is 0 Å². The number of nitrogens with zero attached hydrogens (tertiary/aromatic N) is 1. The van der Waals surface area contributed by atoms with Crippen LogP contribution in [0.1, 0.15) is 30.0 Å². The summed E-state index contributed by atoms with van der Waals surface area (Å²) in [6, 6.07) is 12.7. The first-order valence-electron chi connectivity index (χ1n) is 7.62. The number of nitrogens with one attached hydrogen (secondary N) is 1. The number of carbonyl (C=O) groups is 1. The van der Waals surface area contributed by atoms with E-state index in [0.717, 1.165) is 17.5 Å². The number of anilines is 1. The lowest BCUT2D eigenvalue weighted by atomic mass is 10.1. The second kappa shape index (κ2) is 7.54. The summed E-state index contributed by atoms with van der Waals surface area (Å²) in [7, 11) is 0. The van der Waals surface area contributed by atoms with Crippen LogP contribution in [0, 0.1) is 17.0 Å². The van der Waals surface area contributed by atoms with Gasteiger partial charge in [0, 0.05) is 18.6 Å². The van der Waals surface area contributed by atoms with Gasteiger partial charge in [0.1, 0.15) is 0 Å². The number of carbonyl (C=O) groups excluding carboxylic acids is 1. The second-order valence-corrected chi connectivity index (χ2v) is 5.47. The highest BCUT2D eigenvalue weighted by Crippen LogP contribution is 2.22. The first-order valence-corrected chi connectivity index (χ1v) is 7.62. The van der Waals surface area contributed by atoms with Gasteiger partial charge in [-0.05, 0) is 36.5 Å². The van der Waals surface area contributed by atoms with E-state index in [0.29, 0.717) is 18.5 Å². The summed E-state index contributed by atoms with van der Waals surface area (Å²) in [5.41, 5.74) is 3.64. The molecule has 1 amide bonds. The van der Waals surface area contributed by atoms with Gasteiger partial charge in [0.05, 0.1) is 10.6 Å². The van der Waals surface area contributed by atoms with Crippen LogP contribution in [0.4, 0.5) is 11.4 Å². The van der Waals surface area contributed by atoms with Crippen LogP contribution >= 0.6 is 0 Å². The van der Waals surface area contributed by atoms with Gasteiger partial charge >= 0.3 is 0 Å². The Kier molecular flexibility index (Phi) is 5.46. The van der Waals surface area contributed by atoms with E-state index in [1.54, 1.807) is 6.07 Å². The van der Waals surface area contributed by atoms with Crippen LogP contribution in [0.5, 0.6) is 0 Å². The molecule has 23 heavy (non-hydrogen) atoms. The van der Waals surface area contributed by atoms with Gasteiger partial charge in [-0.15, -0.1) is 0 Å². The maximum Gasteiger partial charge on any atom is 0.271 e. The van der Waals surface area contributed by atoms with Crippen molar-refractivity contribution < 1.29 is 9.72 Å². The van der Waals surface area contributed by atoms with Gasteiger partial charge in [-0.3, -0.25) is 14.9 Å². The Bertz CT molecular complexity index is 709. The number of non-ortho nitro benzene ring substituents is 1. The molecule has 120 valence electrons. The van der Waals surface area contributed by atoms with E-state index in [1.807, 2.05) is 19.1 Å². The van der Waals surface area contributed by atoms with E-state index in [-0.39, 0.29) is 11.6 Å². The van der Waals surface area contributed by atoms with Crippen molar-refractivity contribution in [3.05, 3.63) is 69.3 Å². The van der Waals surface area contributed by atoms with Gasteiger partial charge in [0.15, 0.2) is 0 Å². The van der Waals surface area contributed by atoms with E-state index in [4.69, 9.17) is 0 Å². The standard InChI is InChI=1S/C18H20N2O3/c1-3-14-5-7-15(8-6-14)9-11-18(21)19-17-12-16(20(22)23)10-4-13(17)2/h4-8,10,12H,3,9,11H2,1-2H3,(H,19,21). The molecule has 0 spiro atoms. The van der Waals surface area contributed by atoms with E-state index in [9.17, 15) is 14.9 Å². The molecule has 0 fully saturated rings. The topological polar surface area (TPSA) is 72.2 Å². The van der Waals surface area contributed by atoms with Crippen LogP contribution in [0.3, 0.4) is 0 Å². The lowest BCUT2D eigenvalue weighted by molar-refractivity contribution is -0.384. The van der Waals surface area contributed by atoms with Crippen molar-refractivity contribution in [1.82, 2.24) is 0 Å². The Morgan fingerprint density at radius 2 is 1.78 bits per heavy atom. The molecule has 2 rings (SSSR count). The van der Waals surface area contributed by atoms with Crippen molar-refractivity contribution in [2.45, 2.75) is 33.1 Å². The highest BCUT2D eigenvalue weighted by Gasteiger charge is 2.11. The number of rotatable bonds is 6. The van der Waals surface area contributed by atoms with Crippen molar-refractivity contribution in [2.24, 2.45) is 0 Å². The molecular weight excluding hydrogens is 292 g/mol. The van der Waals surface area contributed by atoms with Crippen LogP contribution in [-0.4, -0.2) is 10.8 Å². The Balaban J connectivity index is 1.96. The molecule has 5 nitrogen and oxygen atoms in total. The van der Waals surface area contributed by atoms with Crippen molar-refractivity contribution in [3.8, 4) is 0 Å². The monoisotopic (exact) mass is 312 g/mol. The zero-order valence-corrected chi connectivity index (χ0v) is 13.3. The van der Waals surface area contributed by atoms with Crippen molar-refractivity contribution in [3.63, 3.8) is 0 Å². The molecule has 2 aromatic rings. The number of nitro groups is 1. The number of benzene rings is 2. The number of aryl methyl sites for hydroxylation is 3. The maximum absolute atomic E-state index is 12.1. The van der Waals surface area contributed by atoms with Gasteiger partial charge in [-0.25, -0.2) is 0 Å². The fourth-order valence-corrected chi connectivity index (χ4v) is 2.27. The largest absolute Gasteiger partial charge is 0.326 e. The summed E-state index contributed by atoms with van der Waals surface area (Å²) in [6.07, 6.45) is 1.98. The molecule has 0 heterocycles. The van der Waals surface area contributed by atoms with Gasteiger partial charge in [0.25, 0.3) is 5.69 Å². The van der Waals surface area contributed by atoms with E-state index in [1.165, 1.54) is 17.7 Å². The fraction of sp³-hybridized carbons (Fsp3) is 0.278. The molecular formula is C18H20N2O3. The van der Waals surface area contributed by atoms with Crippen LogP contribution in [0.25, 0.3) is 0 Å². The van der Waals surface area contributed by atoms with Crippen molar-refractivity contribution in [2.75, 3.05) is 5.32 Å². The summed E-state index contributed by atoms with van der Waals surface area (Å²) in [4.78, 5) is 22.4. The summed E-state index contributed by atoms with van der Waals surface area (Å²) in [5.74, 6) is -0.145. The third-order valence-electron chi connectivity index (χ3n) is 3.78. The molecule has 0 atom stereocenters. The predicted octanol–water partition coefficient (Wildman–Crippen LogP) is 4.04. The zero-order valence-electron chi connectivity index (χ0n) is 13.3. The van der Waals surface area contributed by atoms with E-state index in [2.05, 4.69) is 24.4 Å². The summed E-state index contributed by atoms with van der Waals surface area (Å²) >= 11 is 0. The molecule has 5 heteroatoms. The Hall–Kier alpha value is -2.69. The van der Waals surface area contributed by atoms with E-state index >= 15 is 0 Å². The average molecular weight is 312 g/mol. The molecule has 0 unspecified atom stereocenters. The first kappa shape index (κ1) is 16.7. The number of nitro benzene ring substituents is 1. The zero-order chi connectivity index (χ0) is 16.8. The molecule has 0 aliphatic rings. The van der Waals surface area contributed by atoms with Crippen LogP contribution in [0.15, 0.2) is 42.5 Å². The number of hydrogen-bond acceptors (Lipinski definition) is 3. The Morgan fingerprint density at radius 1 is 1.13 bits per heavy atom. The maximum atomic E-state index is 12.1. The minimum atomic E-state index is -0.468. The quantitative estimate of drug-likeness (QED) is 0.646. The molecule has 0 aromatic heterocycles. The molecule has 0 aliphatic carbocycles. The summed E-state index contributed by atoms with van der Waals surface area (Å²) < 4.78 is 0. The van der Waals surface area contributed by atoms with Crippen molar-refractivity contribution >= 4 is 17.3 Å². The number of amides is 1. The highest BCUT2D eigenvalue weighted by atomic mass is 16.6. The third kappa shape index (κ3) is 4.64. The van der Waals surface area contributed by atoms with Crippen LogP contribution < -0.4 is 5.32 Å². The predicted molar refractivity (Wildman–Crippen MR) is 90.6 cm³/mol. The molecule has 2 aromatic carbocycles. The average Bonchev–Trinajstić information content (AvgIpc) is 2.55. The first-order chi connectivity index (χ1) is 11.0. The third-order valence-corrected chi connectivity index (χ3v) is 3.78. The molecule has 0 bridgehead atoms. The normalized spacial score (nSPS) is 10.3. The number of hydrogen-bond donors (Lipinski definition) is 1. The van der Waals surface area contributed by atoms with Gasteiger partial charge in [0.2, 0.25) is 5.91 Å². The smallest absolute Gasteiger partial charge is 0.271 e.